The quantitative estimate of drug-likeness (QED) is 0.423. The predicted octanol–water partition coefficient (Wildman–Crippen LogP) is 6.32. The molecular weight excluding hydrogens is 360 g/mol. The van der Waals surface area contributed by atoms with Crippen molar-refractivity contribution in [2.24, 2.45) is 11.8 Å². The third-order valence-corrected chi connectivity index (χ3v) is 4.79. The molecule has 0 unspecified atom stereocenters. The van der Waals surface area contributed by atoms with Gasteiger partial charge in [-0.2, -0.15) is 0 Å². The molecule has 1 heterocycles. The zero-order chi connectivity index (χ0) is 20.6. The summed E-state index contributed by atoms with van der Waals surface area (Å²) in [5.74, 6) is 2.47. The summed E-state index contributed by atoms with van der Waals surface area (Å²) < 4.78 is 5.90. The third kappa shape index (κ3) is 6.34. The Morgan fingerprint density at radius 2 is 1.03 bits per heavy atom. The summed E-state index contributed by atoms with van der Waals surface area (Å²) in [5.41, 5.74) is 4.06. The Kier molecular flexibility index (Phi) is 7.28. The Balaban J connectivity index is 1.60. The molecule has 0 amide bonds. The topological polar surface area (TPSA) is 63.0 Å². The zero-order valence-electron chi connectivity index (χ0n) is 17.9. The van der Waals surface area contributed by atoms with Gasteiger partial charge in [-0.3, -0.25) is 0 Å². The van der Waals surface area contributed by atoms with Gasteiger partial charge in [-0.25, -0.2) is 0 Å². The summed E-state index contributed by atoms with van der Waals surface area (Å²) >= 11 is 0. The molecule has 29 heavy (non-hydrogen) atoms. The van der Waals surface area contributed by atoms with E-state index in [4.69, 9.17) is 4.42 Å². The van der Waals surface area contributed by atoms with E-state index in [0.717, 1.165) is 48.4 Å². The molecule has 3 aromatic rings. The average molecular weight is 393 g/mol. The van der Waals surface area contributed by atoms with Crippen LogP contribution in [0.5, 0.6) is 0 Å². The maximum Gasteiger partial charge on any atom is 0.248 e. The second kappa shape index (κ2) is 10.1. The van der Waals surface area contributed by atoms with Crippen LogP contribution < -0.4 is 10.6 Å². The Morgan fingerprint density at radius 3 is 1.38 bits per heavy atom. The lowest BCUT2D eigenvalue weighted by molar-refractivity contribution is 0.584. The van der Waals surface area contributed by atoms with E-state index >= 15 is 0 Å². The molecule has 0 bridgehead atoms. The molecule has 0 aliphatic heterocycles. The van der Waals surface area contributed by atoms with Crippen LogP contribution in [0.4, 0.5) is 11.4 Å². The fourth-order valence-electron chi connectivity index (χ4n) is 2.93. The first-order valence-electron chi connectivity index (χ1n) is 10.5. The molecule has 154 valence electrons. The first-order chi connectivity index (χ1) is 14.0. The van der Waals surface area contributed by atoms with Gasteiger partial charge in [0.1, 0.15) is 0 Å². The SMILES string of the molecule is CC(C)CCNc1ccc(-c2nnc(-c3ccc(NCCC(C)C)cc3)o2)cc1. The summed E-state index contributed by atoms with van der Waals surface area (Å²) in [6, 6.07) is 16.3. The molecule has 0 aliphatic rings. The number of hydrogen-bond acceptors (Lipinski definition) is 5. The van der Waals surface area contributed by atoms with Crippen LogP contribution in [0, 0.1) is 11.8 Å². The van der Waals surface area contributed by atoms with E-state index < -0.39 is 0 Å². The summed E-state index contributed by atoms with van der Waals surface area (Å²) in [7, 11) is 0. The van der Waals surface area contributed by atoms with Gasteiger partial charge in [0.15, 0.2) is 0 Å². The second-order valence-electron chi connectivity index (χ2n) is 8.29. The van der Waals surface area contributed by atoms with E-state index in [-0.39, 0.29) is 0 Å². The Bertz CT molecular complexity index is 795. The summed E-state index contributed by atoms with van der Waals surface area (Å²) in [4.78, 5) is 0. The number of anilines is 2. The second-order valence-corrected chi connectivity index (χ2v) is 8.29. The molecule has 0 fully saturated rings. The number of aromatic nitrogens is 2. The van der Waals surface area contributed by atoms with E-state index in [1.54, 1.807) is 0 Å². The van der Waals surface area contributed by atoms with Crippen LogP contribution in [0.25, 0.3) is 22.9 Å². The molecule has 0 radical (unpaired) electrons. The van der Waals surface area contributed by atoms with Crippen molar-refractivity contribution >= 4 is 11.4 Å². The van der Waals surface area contributed by atoms with Gasteiger partial charge in [0, 0.05) is 35.6 Å². The molecule has 0 saturated carbocycles. The normalized spacial score (nSPS) is 11.2. The molecule has 1 aromatic heterocycles. The molecule has 3 rings (SSSR count). The smallest absolute Gasteiger partial charge is 0.248 e. The minimum absolute atomic E-state index is 0.535. The van der Waals surface area contributed by atoms with Crippen molar-refractivity contribution in [3.05, 3.63) is 48.5 Å². The van der Waals surface area contributed by atoms with Crippen LogP contribution >= 0.6 is 0 Å². The van der Waals surface area contributed by atoms with Crippen molar-refractivity contribution in [3.8, 4) is 22.9 Å². The predicted molar refractivity (Wildman–Crippen MR) is 121 cm³/mol. The van der Waals surface area contributed by atoms with Gasteiger partial charge >= 0.3 is 0 Å². The first kappa shape index (κ1) is 20.9. The monoisotopic (exact) mass is 392 g/mol. The van der Waals surface area contributed by atoms with Gasteiger partial charge in [0.25, 0.3) is 0 Å². The molecule has 5 heteroatoms. The summed E-state index contributed by atoms with van der Waals surface area (Å²) in [6.07, 6.45) is 2.31. The third-order valence-electron chi connectivity index (χ3n) is 4.79. The number of nitrogens with one attached hydrogen (secondary N) is 2. The Labute approximate surface area is 173 Å². The molecule has 0 spiro atoms. The van der Waals surface area contributed by atoms with Gasteiger partial charge in [-0.15, -0.1) is 10.2 Å². The lowest BCUT2D eigenvalue weighted by atomic mass is 10.1. The van der Waals surface area contributed by atoms with Crippen LogP contribution in [-0.4, -0.2) is 23.3 Å². The van der Waals surface area contributed by atoms with Crippen LogP contribution in [-0.2, 0) is 0 Å². The lowest BCUT2D eigenvalue weighted by Crippen LogP contribution is -2.04. The molecule has 5 nitrogen and oxygen atoms in total. The van der Waals surface area contributed by atoms with Gasteiger partial charge in [0.05, 0.1) is 0 Å². The van der Waals surface area contributed by atoms with Crippen LogP contribution in [0.2, 0.25) is 0 Å². The number of benzene rings is 2. The van der Waals surface area contributed by atoms with E-state index in [0.29, 0.717) is 23.6 Å². The molecule has 0 aliphatic carbocycles. The number of nitrogens with zero attached hydrogens (tertiary/aromatic N) is 2. The standard InChI is InChI=1S/C24H32N4O/c1-17(2)13-15-25-21-9-5-19(6-10-21)23-27-28-24(29-23)20-7-11-22(12-8-20)26-16-14-18(3)4/h5-12,17-18,25-26H,13-16H2,1-4H3. The average Bonchev–Trinajstić information content (AvgIpc) is 3.19. The van der Waals surface area contributed by atoms with Crippen molar-refractivity contribution in [3.63, 3.8) is 0 Å². The summed E-state index contributed by atoms with van der Waals surface area (Å²) in [5, 5.41) is 15.3. The fraction of sp³-hybridized carbons (Fsp3) is 0.417. The van der Waals surface area contributed by atoms with E-state index in [2.05, 4.69) is 72.8 Å². The van der Waals surface area contributed by atoms with Gasteiger partial charge in [0.2, 0.25) is 11.8 Å². The maximum atomic E-state index is 5.90. The largest absolute Gasteiger partial charge is 0.416 e. The van der Waals surface area contributed by atoms with Crippen molar-refractivity contribution in [2.75, 3.05) is 23.7 Å². The van der Waals surface area contributed by atoms with Crippen LogP contribution in [0.15, 0.2) is 52.9 Å². The van der Waals surface area contributed by atoms with Crippen molar-refractivity contribution < 1.29 is 4.42 Å². The zero-order valence-corrected chi connectivity index (χ0v) is 17.9. The van der Waals surface area contributed by atoms with Crippen molar-refractivity contribution in [1.82, 2.24) is 10.2 Å². The number of hydrogen-bond donors (Lipinski definition) is 2. The summed E-state index contributed by atoms with van der Waals surface area (Å²) in [6.45, 7) is 10.9. The number of rotatable bonds is 10. The fourth-order valence-corrected chi connectivity index (χ4v) is 2.93. The highest BCUT2D eigenvalue weighted by Gasteiger charge is 2.10. The van der Waals surface area contributed by atoms with Crippen molar-refractivity contribution in [2.45, 2.75) is 40.5 Å². The molecule has 0 atom stereocenters. The van der Waals surface area contributed by atoms with Gasteiger partial charge in [-0.1, -0.05) is 27.7 Å². The van der Waals surface area contributed by atoms with E-state index in [1.165, 1.54) is 0 Å². The molecule has 2 aromatic carbocycles. The van der Waals surface area contributed by atoms with Crippen molar-refractivity contribution in [1.29, 1.82) is 0 Å². The molecular formula is C24H32N4O. The van der Waals surface area contributed by atoms with Crippen LogP contribution in [0.3, 0.4) is 0 Å². The van der Waals surface area contributed by atoms with E-state index in [9.17, 15) is 0 Å². The highest BCUT2D eigenvalue weighted by Crippen LogP contribution is 2.26. The van der Waals surface area contributed by atoms with Crippen LogP contribution in [0.1, 0.15) is 40.5 Å². The highest BCUT2D eigenvalue weighted by molar-refractivity contribution is 5.62. The Morgan fingerprint density at radius 1 is 0.655 bits per heavy atom. The lowest BCUT2D eigenvalue weighted by Gasteiger charge is -2.08. The van der Waals surface area contributed by atoms with Gasteiger partial charge < -0.3 is 15.1 Å². The van der Waals surface area contributed by atoms with Gasteiger partial charge in [-0.05, 0) is 73.2 Å². The first-order valence-corrected chi connectivity index (χ1v) is 10.5. The minimum Gasteiger partial charge on any atom is -0.416 e. The maximum absolute atomic E-state index is 5.90. The molecule has 0 saturated heterocycles. The van der Waals surface area contributed by atoms with E-state index in [1.807, 2.05) is 24.3 Å². The molecule has 2 N–H and O–H groups in total. The highest BCUT2D eigenvalue weighted by atomic mass is 16.4. The minimum atomic E-state index is 0.535. The Hall–Kier alpha value is -2.82.